The van der Waals surface area contributed by atoms with Crippen LogP contribution in [0.25, 0.3) is 0 Å². The van der Waals surface area contributed by atoms with Crippen LogP contribution in [0.1, 0.15) is 16.1 Å². The molecular weight excluding hydrogens is 244 g/mol. The Kier molecular flexibility index (Phi) is 2.70. The third-order valence-corrected chi connectivity index (χ3v) is 3.18. The second kappa shape index (κ2) is 4.38. The first-order valence-electron chi connectivity index (χ1n) is 6.04. The highest BCUT2D eigenvalue weighted by Gasteiger charge is 2.28. The number of methoxy groups -OCH3 is 1. The lowest BCUT2D eigenvalue weighted by molar-refractivity contribution is 0.0983. The average Bonchev–Trinajstić information content (AvgIpc) is 3.03. The standard InChI is InChI=1S/C13H14N4O2/c1-16-7-6-10(15-16)13(18)17-8-5-9-3-4-11(19-2)14-12(9)17/h3-4,6-7H,5,8H2,1-2H3. The van der Waals surface area contributed by atoms with E-state index in [2.05, 4.69) is 10.1 Å². The lowest BCUT2D eigenvalue weighted by Crippen LogP contribution is -2.30. The van der Waals surface area contributed by atoms with Crippen LogP contribution in [0.2, 0.25) is 0 Å². The molecule has 1 amide bonds. The Morgan fingerprint density at radius 1 is 1.37 bits per heavy atom. The highest BCUT2D eigenvalue weighted by Crippen LogP contribution is 2.29. The fourth-order valence-electron chi connectivity index (χ4n) is 2.21. The molecule has 1 aliphatic rings. The zero-order valence-electron chi connectivity index (χ0n) is 10.8. The van der Waals surface area contributed by atoms with Gasteiger partial charge in [-0.05, 0) is 24.1 Å². The van der Waals surface area contributed by atoms with Gasteiger partial charge in [0.25, 0.3) is 5.91 Å². The summed E-state index contributed by atoms with van der Waals surface area (Å²) < 4.78 is 6.72. The van der Waals surface area contributed by atoms with Crippen LogP contribution in [0.5, 0.6) is 5.88 Å². The smallest absolute Gasteiger partial charge is 0.279 e. The molecule has 0 aromatic carbocycles. The number of aryl methyl sites for hydroxylation is 1. The lowest BCUT2D eigenvalue weighted by atomic mass is 10.2. The molecule has 3 heterocycles. The third-order valence-electron chi connectivity index (χ3n) is 3.18. The monoisotopic (exact) mass is 258 g/mol. The average molecular weight is 258 g/mol. The van der Waals surface area contributed by atoms with Crippen LogP contribution in [-0.4, -0.2) is 34.3 Å². The number of hydrogen-bond donors (Lipinski definition) is 0. The van der Waals surface area contributed by atoms with Gasteiger partial charge in [0.2, 0.25) is 5.88 Å². The second-order valence-electron chi connectivity index (χ2n) is 4.42. The molecule has 2 aromatic heterocycles. The molecule has 6 nitrogen and oxygen atoms in total. The molecule has 0 saturated heterocycles. The minimum Gasteiger partial charge on any atom is -0.481 e. The van der Waals surface area contributed by atoms with Gasteiger partial charge in [0.1, 0.15) is 5.82 Å². The van der Waals surface area contributed by atoms with E-state index in [4.69, 9.17) is 4.74 Å². The number of anilines is 1. The third kappa shape index (κ3) is 1.95. The van der Waals surface area contributed by atoms with Gasteiger partial charge in [-0.1, -0.05) is 0 Å². The van der Waals surface area contributed by atoms with Gasteiger partial charge >= 0.3 is 0 Å². The van der Waals surface area contributed by atoms with Crippen molar-refractivity contribution in [3.05, 3.63) is 35.7 Å². The largest absolute Gasteiger partial charge is 0.481 e. The van der Waals surface area contributed by atoms with E-state index in [0.29, 0.717) is 23.9 Å². The van der Waals surface area contributed by atoms with Crippen molar-refractivity contribution < 1.29 is 9.53 Å². The summed E-state index contributed by atoms with van der Waals surface area (Å²) in [5.74, 6) is 1.06. The van der Waals surface area contributed by atoms with Gasteiger partial charge in [-0.2, -0.15) is 10.1 Å². The van der Waals surface area contributed by atoms with Crippen molar-refractivity contribution in [3.8, 4) is 5.88 Å². The van der Waals surface area contributed by atoms with Crippen molar-refractivity contribution in [3.63, 3.8) is 0 Å². The maximum Gasteiger partial charge on any atom is 0.279 e. The molecule has 0 saturated carbocycles. The van der Waals surface area contributed by atoms with Crippen molar-refractivity contribution in [1.29, 1.82) is 0 Å². The summed E-state index contributed by atoms with van der Waals surface area (Å²) in [7, 11) is 3.35. The molecule has 3 rings (SSSR count). The van der Waals surface area contributed by atoms with Crippen molar-refractivity contribution in [1.82, 2.24) is 14.8 Å². The summed E-state index contributed by atoms with van der Waals surface area (Å²) in [6.07, 6.45) is 2.56. The van der Waals surface area contributed by atoms with Crippen LogP contribution < -0.4 is 9.64 Å². The van der Waals surface area contributed by atoms with E-state index in [1.54, 1.807) is 36.0 Å². The summed E-state index contributed by atoms with van der Waals surface area (Å²) in [5, 5.41) is 4.14. The van der Waals surface area contributed by atoms with Crippen LogP contribution in [0.15, 0.2) is 24.4 Å². The molecule has 0 bridgehead atoms. The van der Waals surface area contributed by atoms with Gasteiger partial charge in [-0.25, -0.2) is 0 Å². The molecule has 0 spiro atoms. The number of nitrogens with zero attached hydrogens (tertiary/aromatic N) is 4. The number of carbonyl (C=O) groups is 1. The molecule has 2 aromatic rings. The summed E-state index contributed by atoms with van der Waals surface area (Å²) in [5.41, 5.74) is 1.49. The minimum atomic E-state index is -0.125. The van der Waals surface area contributed by atoms with Gasteiger partial charge in [0.15, 0.2) is 5.69 Å². The molecule has 6 heteroatoms. The summed E-state index contributed by atoms with van der Waals surface area (Å²) >= 11 is 0. The number of amides is 1. The fourth-order valence-corrected chi connectivity index (χ4v) is 2.21. The van der Waals surface area contributed by atoms with Gasteiger partial charge in [0.05, 0.1) is 7.11 Å². The number of rotatable bonds is 2. The number of aromatic nitrogens is 3. The molecule has 0 unspecified atom stereocenters. The van der Waals surface area contributed by atoms with Crippen molar-refractivity contribution in [2.45, 2.75) is 6.42 Å². The lowest BCUT2D eigenvalue weighted by Gasteiger charge is -2.15. The molecule has 0 atom stereocenters. The van der Waals surface area contributed by atoms with Crippen molar-refractivity contribution in [2.75, 3.05) is 18.6 Å². The Hall–Kier alpha value is -2.37. The number of pyridine rings is 1. The van der Waals surface area contributed by atoms with Gasteiger partial charge in [-0.3, -0.25) is 14.4 Å². The Balaban J connectivity index is 1.95. The van der Waals surface area contributed by atoms with E-state index in [1.807, 2.05) is 12.1 Å². The Labute approximate surface area is 110 Å². The van der Waals surface area contributed by atoms with Gasteiger partial charge < -0.3 is 4.74 Å². The SMILES string of the molecule is COc1ccc2c(n1)N(C(=O)c1ccn(C)n1)CC2. The van der Waals surface area contributed by atoms with Crippen LogP contribution in [-0.2, 0) is 13.5 Å². The van der Waals surface area contributed by atoms with Crippen LogP contribution in [0.3, 0.4) is 0 Å². The molecule has 1 aliphatic heterocycles. The molecule has 19 heavy (non-hydrogen) atoms. The van der Waals surface area contributed by atoms with E-state index < -0.39 is 0 Å². The number of carbonyl (C=O) groups excluding carboxylic acids is 1. The molecule has 0 N–H and O–H groups in total. The molecule has 0 radical (unpaired) electrons. The van der Waals surface area contributed by atoms with E-state index in [-0.39, 0.29) is 5.91 Å². The molecule has 0 fully saturated rings. The predicted molar refractivity (Wildman–Crippen MR) is 69.4 cm³/mol. The van der Waals surface area contributed by atoms with Crippen LogP contribution in [0, 0.1) is 0 Å². The predicted octanol–water partition coefficient (Wildman–Crippen LogP) is 1.03. The van der Waals surface area contributed by atoms with E-state index in [1.165, 1.54) is 0 Å². The molecule has 0 aliphatic carbocycles. The maximum atomic E-state index is 12.4. The summed E-state index contributed by atoms with van der Waals surface area (Å²) in [6, 6.07) is 5.47. The first-order valence-corrected chi connectivity index (χ1v) is 6.04. The Morgan fingerprint density at radius 3 is 2.89 bits per heavy atom. The first-order chi connectivity index (χ1) is 9.19. The minimum absolute atomic E-state index is 0.125. The Morgan fingerprint density at radius 2 is 2.21 bits per heavy atom. The van der Waals surface area contributed by atoms with Crippen molar-refractivity contribution in [2.24, 2.45) is 7.05 Å². The van der Waals surface area contributed by atoms with Gasteiger partial charge in [-0.15, -0.1) is 0 Å². The zero-order valence-corrected chi connectivity index (χ0v) is 10.8. The number of ether oxygens (including phenoxy) is 1. The summed E-state index contributed by atoms with van der Waals surface area (Å²) in [4.78, 5) is 18.4. The van der Waals surface area contributed by atoms with Crippen LogP contribution >= 0.6 is 0 Å². The van der Waals surface area contributed by atoms with E-state index >= 15 is 0 Å². The maximum absolute atomic E-state index is 12.4. The fraction of sp³-hybridized carbons (Fsp3) is 0.308. The first kappa shape index (κ1) is 11.7. The number of hydrogen-bond acceptors (Lipinski definition) is 4. The summed E-state index contributed by atoms with van der Waals surface area (Å²) in [6.45, 7) is 0.630. The zero-order chi connectivity index (χ0) is 13.4. The van der Waals surface area contributed by atoms with Gasteiger partial charge in [0, 0.05) is 25.9 Å². The quantitative estimate of drug-likeness (QED) is 0.807. The van der Waals surface area contributed by atoms with Crippen molar-refractivity contribution >= 4 is 11.7 Å². The highest BCUT2D eigenvalue weighted by atomic mass is 16.5. The molecule has 98 valence electrons. The van der Waals surface area contributed by atoms with E-state index in [9.17, 15) is 4.79 Å². The van der Waals surface area contributed by atoms with Crippen LogP contribution in [0.4, 0.5) is 5.82 Å². The topological polar surface area (TPSA) is 60.2 Å². The normalized spacial score (nSPS) is 13.5. The highest BCUT2D eigenvalue weighted by molar-refractivity contribution is 6.05. The number of fused-ring (bicyclic) bond motifs is 1. The van der Waals surface area contributed by atoms with E-state index in [0.717, 1.165) is 12.0 Å². The Bertz CT molecular complexity index is 635. The molecular formula is C13H14N4O2. The second-order valence-corrected chi connectivity index (χ2v) is 4.42.